The van der Waals surface area contributed by atoms with E-state index in [9.17, 15) is 4.79 Å². The van der Waals surface area contributed by atoms with Crippen LogP contribution < -0.4 is 5.32 Å². The van der Waals surface area contributed by atoms with Gasteiger partial charge in [-0.05, 0) is 38.1 Å². The number of piperidine rings is 1. The van der Waals surface area contributed by atoms with Gasteiger partial charge in [0.05, 0.1) is 0 Å². The molecule has 1 amide bonds. The maximum atomic E-state index is 12.6. The first kappa shape index (κ1) is 16.1. The molecule has 2 heterocycles. The van der Waals surface area contributed by atoms with Crippen LogP contribution in [0.25, 0.3) is 0 Å². The number of methoxy groups -OCH3 is 1. The first-order valence-electron chi connectivity index (χ1n) is 6.41. The molecule has 2 saturated heterocycles. The van der Waals surface area contributed by atoms with Crippen LogP contribution in [-0.4, -0.2) is 61.2 Å². The van der Waals surface area contributed by atoms with Crippen LogP contribution in [0.4, 0.5) is 0 Å². The SMILES string of the molecule is COC1(C(=O)N2CCCSCC2)CCNCC1.Cl. The van der Waals surface area contributed by atoms with Gasteiger partial charge in [-0.2, -0.15) is 11.8 Å². The van der Waals surface area contributed by atoms with Crippen molar-refractivity contribution in [2.75, 3.05) is 44.8 Å². The number of ether oxygens (including phenoxy) is 1. The Bertz CT molecular complexity index is 265. The first-order chi connectivity index (χ1) is 8.28. The van der Waals surface area contributed by atoms with Crippen LogP contribution in [0.2, 0.25) is 0 Å². The summed E-state index contributed by atoms with van der Waals surface area (Å²) >= 11 is 1.94. The molecule has 2 aliphatic rings. The van der Waals surface area contributed by atoms with Crippen molar-refractivity contribution in [3.8, 4) is 0 Å². The third-order valence-electron chi connectivity index (χ3n) is 3.70. The molecule has 0 saturated carbocycles. The van der Waals surface area contributed by atoms with Crippen LogP contribution in [-0.2, 0) is 9.53 Å². The molecule has 0 aromatic carbocycles. The number of carbonyl (C=O) groups is 1. The van der Waals surface area contributed by atoms with E-state index in [0.29, 0.717) is 0 Å². The molecule has 106 valence electrons. The first-order valence-corrected chi connectivity index (χ1v) is 7.57. The predicted molar refractivity (Wildman–Crippen MR) is 77.6 cm³/mol. The highest BCUT2D eigenvalue weighted by atomic mass is 35.5. The lowest BCUT2D eigenvalue weighted by Gasteiger charge is -2.38. The predicted octanol–water partition coefficient (Wildman–Crippen LogP) is 1.14. The Morgan fingerprint density at radius 3 is 2.67 bits per heavy atom. The number of nitrogens with zero attached hydrogens (tertiary/aromatic N) is 1. The van der Waals surface area contributed by atoms with Gasteiger partial charge in [-0.15, -0.1) is 12.4 Å². The van der Waals surface area contributed by atoms with Crippen molar-refractivity contribution in [1.29, 1.82) is 0 Å². The minimum absolute atomic E-state index is 0. The number of hydrogen-bond acceptors (Lipinski definition) is 4. The molecule has 18 heavy (non-hydrogen) atoms. The fraction of sp³-hybridized carbons (Fsp3) is 0.917. The average Bonchev–Trinajstić information content (AvgIpc) is 2.67. The van der Waals surface area contributed by atoms with Crippen LogP contribution in [0.3, 0.4) is 0 Å². The normalized spacial score (nSPS) is 23.9. The Morgan fingerprint density at radius 1 is 1.28 bits per heavy atom. The lowest BCUT2D eigenvalue weighted by Crippen LogP contribution is -2.55. The molecular formula is C12H23ClN2O2S. The van der Waals surface area contributed by atoms with E-state index in [4.69, 9.17) is 4.74 Å². The highest BCUT2D eigenvalue weighted by molar-refractivity contribution is 7.99. The standard InChI is InChI=1S/C12H22N2O2S.ClH/c1-16-12(3-5-13-6-4-12)11(15)14-7-2-9-17-10-8-14;/h13H,2-10H2,1H3;1H. The number of rotatable bonds is 2. The Kier molecular flexibility index (Phi) is 6.77. The lowest BCUT2D eigenvalue weighted by molar-refractivity contribution is -0.158. The molecule has 2 fully saturated rings. The highest BCUT2D eigenvalue weighted by Gasteiger charge is 2.42. The number of carbonyl (C=O) groups excluding carboxylic acids is 1. The summed E-state index contributed by atoms with van der Waals surface area (Å²) in [4.78, 5) is 14.6. The molecule has 0 aromatic heterocycles. The Morgan fingerprint density at radius 2 is 2.00 bits per heavy atom. The van der Waals surface area contributed by atoms with Crippen molar-refractivity contribution in [2.45, 2.75) is 24.9 Å². The van der Waals surface area contributed by atoms with Gasteiger partial charge in [0.2, 0.25) is 0 Å². The third kappa shape index (κ3) is 3.53. The highest BCUT2D eigenvalue weighted by Crippen LogP contribution is 2.26. The monoisotopic (exact) mass is 294 g/mol. The van der Waals surface area contributed by atoms with Crippen LogP contribution >= 0.6 is 24.2 Å². The maximum absolute atomic E-state index is 12.6. The second kappa shape index (κ2) is 7.58. The smallest absolute Gasteiger partial charge is 0.254 e. The minimum Gasteiger partial charge on any atom is -0.368 e. The summed E-state index contributed by atoms with van der Waals surface area (Å²) < 4.78 is 5.60. The Balaban J connectivity index is 0.00000162. The lowest BCUT2D eigenvalue weighted by atomic mass is 9.90. The molecule has 0 bridgehead atoms. The molecule has 0 aliphatic carbocycles. The van der Waals surface area contributed by atoms with Gasteiger partial charge >= 0.3 is 0 Å². The van der Waals surface area contributed by atoms with E-state index in [1.807, 2.05) is 16.7 Å². The molecule has 0 atom stereocenters. The molecule has 6 heteroatoms. The van der Waals surface area contributed by atoms with Gasteiger partial charge in [0.15, 0.2) is 0 Å². The van der Waals surface area contributed by atoms with Crippen LogP contribution in [0.5, 0.6) is 0 Å². The molecule has 1 N–H and O–H groups in total. The fourth-order valence-corrected chi connectivity index (χ4v) is 3.46. The zero-order valence-electron chi connectivity index (χ0n) is 10.9. The zero-order chi connectivity index (χ0) is 12.1. The number of nitrogens with one attached hydrogen (secondary N) is 1. The molecule has 2 rings (SSSR count). The van der Waals surface area contributed by atoms with Gasteiger partial charge in [-0.3, -0.25) is 4.79 Å². The van der Waals surface area contributed by atoms with E-state index < -0.39 is 5.60 Å². The van der Waals surface area contributed by atoms with Crippen molar-refractivity contribution in [3.63, 3.8) is 0 Å². The second-order valence-electron chi connectivity index (χ2n) is 4.71. The summed E-state index contributed by atoms with van der Waals surface area (Å²) in [6, 6.07) is 0. The van der Waals surface area contributed by atoms with E-state index >= 15 is 0 Å². The summed E-state index contributed by atoms with van der Waals surface area (Å²) in [5, 5.41) is 3.29. The number of halogens is 1. The maximum Gasteiger partial charge on any atom is 0.254 e. The largest absolute Gasteiger partial charge is 0.368 e. The van der Waals surface area contributed by atoms with E-state index in [-0.39, 0.29) is 18.3 Å². The van der Waals surface area contributed by atoms with Crippen molar-refractivity contribution in [2.24, 2.45) is 0 Å². The van der Waals surface area contributed by atoms with Crippen LogP contribution in [0, 0.1) is 0 Å². The summed E-state index contributed by atoms with van der Waals surface area (Å²) in [5.74, 6) is 2.44. The minimum atomic E-state index is -0.555. The summed E-state index contributed by atoms with van der Waals surface area (Å²) in [7, 11) is 1.68. The average molecular weight is 295 g/mol. The Labute approximate surface area is 120 Å². The van der Waals surface area contributed by atoms with Gasteiger partial charge in [-0.25, -0.2) is 0 Å². The fourth-order valence-electron chi connectivity index (χ4n) is 2.57. The van der Waals surface area contributed by atoms with Gasteiger partial charge in [0.25, 0.3) is 5.91 Å². The van der Waals surface area contributed by atoms with Crippen LogP contribution in [0.1, 0.15) is 19.3 Å². The molecule has 2 aliphatic heterocycles. The number of thioether (sulfide) groups is 1. The number of hydrogen-bond donors (Lipinski definition) is 1. The molecule has 0 spiro atoms. The summed E-state index contributed by atoms with van der Waals surface area (Å²) in [6.45, 7) is 3.52. The van der Waals surface area contributed by atoms with E-state index in [1.165, 1.54) is 5.75 Å². The van der Waals surface area contributed by atoms with E-state index in [1.54, 1.807) is 7.11 Å². The topological polar surface area (TPSA) is 41.6 Å². The molecule has 0 unspecified atom stereocenters. The van der Waals surface area contributed by atoms with Crippen molar-refractivity contribution >= 4 is 30.1 Å². The van der Waals surface area contributed by atoms with Crippen molar-refractivity contribution in [1.82, 2.24) is 10.2 Å². The van der Waals surface area contributed by atoms with E-state index in [2.05, 4.69) is 5.32 Å². The van der Waals surface area contributed by atoms with Crippen LogP contribution in [0.15, 0.2) is 0 Å². The molecule has 0 aromatic rings. The molecule has 4 nitrogen and oxygen atoms in total. The van der Waals surface area contributed by atoms with Gasteiger partial charge < -0.3 is 15.0 Å². The third-order valence-corrected chi connectivity index (χ3v) is 4.75. The quantitative estimate of drug-likeness (QED) is 0.829. The number of amides is 1. The summed E-state index contributed by atoms with van der Waals surface area (Å²) in [6.07, 6.45) is 2.70. The Hall–Kier alpha value is 0.0300. The van der Waals surface area contributed by atoms with Gasteiger partial charge in [0.1, 0.15) is 5.60 Å². The van der Waals surface area contributed by atoms with E-state index in [0.717, 1.165) is 51.2 Å². The summed E-state index contributed by atoms with van der Waals surface area (Å²) in [5.41, 5.74) is -0.555. The van der Waals surface area contributed by atoms with Gasteiger partial charge in [0, 0.05) is 26.0 Å². The zero-order valence-corrected chi connectivity index (χ0v) is 12.6. The van der Waals surface area contributed by atoms with Gasteiger partial charge in [-0.1, -0.05) is 0 Å². The molecular weight excluding hydrogens is 272 g/mol. The van der Waals surface area contributed by atoms with Crippen molar-refractivity contribution in [3.05, 3.63) is 0 Å². The van der Waals surface area contributed by atoms with Crippen molar-refractivity contribution < 1.29 is 9.53 Å². The molecule has 0 radical (unpaired) electrons. The second-order valence-corrected chi connectivity index (χ2v) is 5.93.